The lowest BCUT2D eigenvalue weighted by molar-refractivity contribution is -0.119. The smallest absolute Gasteiger partial charge is 0.242 e. The van der Waals surface area contributed by atoms with Gasteiger partial charge in [0, 0.05) is 6.07 Å². The van der Waals surface area contributed by atoms with Crippen LogP contribution in [0.2, 0.25) is 5.02 Å². The number of methoxy groups -OCH3 is 1. The molecule has 1 atom stereocenters. The van der Waals surface area contributed by atoms with Crippen molar-refractivity contribution in [2.75, 3.05) is 12.4 Å². The van der Waals surface area contributed by atoms with E-state index in [2.05, 4.69) is 5.32 Å². The van der Waals surface area contributed by atoms with Crippen LogP contribution in [0.25, 0.3) is 0 Å². The van der Waals surface area contributed by atoms with E-state index in [0.717, 1.165) is 0 Å². The highest BCUT2D eigenvalue weighted by Crippen LogP contribution is 2.27. The second kappa shape index (κ2) is 6.27. The Balaban J connectivity index is 2.85. The summed E-state index contributed by atoms with van der Waals surface area (Å²) < 4.78 is 5.01. The molecule has 1 amide bonds. The SMILES string of the molecule is COc1ccc(NC(=O)C(C#N)C(C)C)c(Cl)c1. The summed E-state index contributed by atoms with van der Waals surface area (Å²) in [5.74, 6) is -0.478. The summed E-state index contributed by atoms with van der Waals surface area (Å²) in [5, 5.41) is 12.0. The van der Waals surface area contributed by atoms with E-state index in [1.807, 2.05) is 19.9 Å². The van der Waals surface area contributed by atoms with E-state index in [1.54, 1.807) is 18.2 Å². The Hall–Kier alpha value is -1.73. The monoisotopic (exact) mass is 266 g/mol. The van der Waals surface area contributed by atoms with Crippen LogP contribution in [0.15, 0.2) is 18.2 Å². The van der Waals surface area contributed by atoms with Crippen LogP contribution in [0.5, 0.6) is 5.75 Å². The maximum atomic E-state index is 11.9. The van der Waals surface area contributed by atoms with E-state index < -0.39 is 5.92 Å². The molecule has 96 valence electrons. The number of amides is 1. The van der Waals surface area contributed by atoms with Gasteiger partial charge in [-0.05, 0) is 18.1 Å². The molecule has 0 aliphatic rings. The first-order valence-corrected chi connectivity index (χ1v) is 5.91. The number of benzene rings is 1. The zero-order valence-electron chi connectivity index (χ0n) is 10.5. The number of nitriles is 1. The zero-order chi connectivity index (χ0) is 13.7. The molecule has 1 aromatic carbocycles. The average Bonchev–Trinajstić information content (AvgIpc) is 2.32. The minimum atomic E-state index is -0.692. The molecule has 1 N–H and O–H groups in total. The van der Waals surface area contributed by atoms with Crippen molar-refractivity contribution in [2.24, 2.45) is 11.8 Å². The van der Waals surface area contributed by atoms with Crippen LogP contribution in [0.4, 0.5) is 5.69 Å². The van der Waals surface area contributed by atoms with Crippen LogP contribution in [0.1, 0.15) is 13.8 Å². The summed E-state index contributed by atoms with van der Waals surface area (Å²) >= 11 is 6.00. The average molecular weight is 267 g/mol. The fourth-order valence-electron chi connectivity index (χ4n) is 1.45. The van der Waals surface area contributed by atoms with Gasteiger partial charge in [0.25, 0.3) is 0 Å². The molecular weight excluding hydrogens is 252 g/mol. The first-order valence-electron chi connectivity index (χ1n) is 5.53. The van der Waals surface area contributed by atoms with Crippen LogP contribution in [-0.2, 0) is 4.79 Å². The minimum Gasteiger partial charge on any atom is -0.497 e. The Morgan fingerprint density at radius 3 is 2.61 bits per heavy atom. The molecule has 0 aliphatic carbocycles. The van der Waals surface area contributed by atoms with Gasteiger partial charge in [-0.15, -0.1) is 0 Å². The summed E-state index contributed by atoms with van der Waals surface area (Å²) in [6.45, 7) is 3.65. The van der Waals surface area contributed by atoms with E-state index in [4.69, 9.17) is 21.6 Å². The molecule has 0 aliphatic heterocycles. The molecule has 18 heavy (non-hydrogen) atoms. The van der Waals surface area contributed by atoms with Crippen molar-refractivity contribution in [1.82, 2.24) is 0 Å². The molecule has 5 heteroatoms. The van der Waals surface area contributed by atoms with Crippen LogP contribution < -0.4 is 10.1 Å². The van der Waals surface area contributed by atoms with Gasteiger partial charge in [-0.3, -0.25) is 4.79 Å². The second-order valence-corrected chi connectivity index (χ2v) is 4.59. The molecule has 0 bridgehead atoms. The van der Waals surface area contributed by atoms with Gasteiger partial charge in [-0.1, -0.05) is 25.4 Å². The van der Waals surface area contributed by atoms with Crippen molar-refractivity contribution >= 4 is 23.2 Å². The van der Waals surface area contributed by atoms with Crippen molar-refractivity contribution in [1.29, 1.82) is 5.26 Å². The van der Waals surface area contributed by atoms with Crippen molar-refractivity contribution in [3.05, 3.63) is 23.2 Å². The normalized spacial score (nSPS) is 11.8. The number of nitrogens with one attached hydrogen (secondary N) is 1. The highest BCUT2D eigenvalue weighted by atomic mass is 35.5. The predicted molar refractivity (Wildman–Crippen MR) is 70.6 cm³/mol. The number of hydrogen-bond donors (Lipinski definition) is 1. The molecule has 4 nitrogen and oxygen atoms in total. The fraction of sp³-hybridized carbons (Fsp3) is 0.385. The van der Waals surface area contributed by atoms with Crippen LogP contribution in [0.3, 0.4) is 0 Å². The van der Waals surface area contributed by atoms with Crippen molar-refractivity contribution in [3.63, 3.8) is 0 Å². The van der Waals surface area contributed by atoms with Crippen LogP contribution in [-0.4, -0.2) is 13.0 Å². The third-order valence-electron chi connectivity index (χ3n) is 2.52. The number of anilines is 1. The minimum absolute atomic E-state index is 0.0491. The first-order chi connectivity index (χ1) is 8.49. The maximum absolute atomic E-state index is 11.9. The number of rotatable bonds is 4. The molecule has 0 spiro atoms. The molecule has 1 aromatic rings. The fourth-order valence-corrected chi connectivity index (χ4v) is 1.66. The van der Waals surface area contributed by atoms with Gasteiger partial charge in [0.15, 0.2) is 0 Å². The van der Waals surface area contributed by atoms with E-state index in [9.17, 15) is 4.79 Å². The molecule has 1 unspecified atom stereocenters. The van der Waals surface area contributed by atoms with Crippen molar-refractivity contribution < 1.29 is 9.53 Å². The van der Waals surface area contributed by atoms with Gasteiger partial charge < -0.3 is 10.1 Å². The molecule has 0 aromatic heterocycles. The van der Waals surface area contributed by atoms with E-state index in [1.165, 1.54) is 7.11 Å². The van der Waals surface area contributed by atoms with Gasteiger partial charge in [0.2, 0.25) is 5.91 Å². The molecule has 1 rings (SSSR count). The Bertz CT molecular complexity index is 480. The molecule has 0 saturated heterocycles. The summed E-state index contributed by atoms with van der Waals surface area (Å²) in [7, 11) is 1.54. The number of hydrogen-bond acceptors (Lipinski definition) is 3. The Morgan fingerprint density at radius 2 is 2.17 bits per heavy atom. The second-order valence-electron chi connectivity index (χ2n) is 4.19. The van der Waals surface area contributed by atoms with Gasteiger partial charge in [0.1, 0.15) is 11.7 Å². The zero-order valence-corrected chi connectivity index (χ0v) is 11.3. The third kappa shape index (κ3) is 3.38. The molecule has 0 fully saturated rings. The van der Waals surface area contributed by atoms with E-state index in [0.29, 0.717) is 16.5 Å². The lowest BCUT2D eigenvalue weighted by Gasteiger charge is -2.14. The van der Waals surface area contributed by atoms with E-state index >= 15 is 0 Å². The molecule has 0 radical (unpaired) electrons. The van der Waals surface area contributed by atoms with Gasteiger partial charge in [0.05, 0.1) is 23.9 Å². The predicted octanol–water partition coefficient (Wildman–Crippen LogP) is 3.08. The largest absolute Gasteiger partial charge is 0.497 e. The van der Waals surface area contributed by atoms with Crippen LogP contribution in [0, 0.1) is 23.2 Å². The number of carbonyl (C=O) groups excluding carboxylic acids is 1. The van der Waals surface area contributed by atoms with Crippen molar-refractivity contribution in [3.8, 4) is 11.8 Å². The number of halogens is 1. The Morgan fingerprint density at radius 1 is 1.50 bits per heavy atom. The number of carbonyl (C=O) groups is 1. The first kappa shape index (κ1) is 14.3. The highest BCUT2D eigenvalue weighted by Gasteiger charge is 2.22. The lowest BCUT2D eigenvalue weighted by atomic mass is 9.96. The quantitative estimate of drug-likeness (QED) is 0.911. The summed E-state index contributed by atoms with van der Waals surface area (Å²) in [6.07, 6.45) is 0. The summed E-state index contributed by atoms with van der Waals surface area (Å²) in [5.41, 5.74) is 0.475. The maximum Gasteiger partial charge on any atom is 0.242 e. The summed E-state index contributed by atoms with van der Waals surface area (Å²) in [6, 6.07) is 6.93. The van der Waals surface area contributed by atoms with Crippen molar-refractivity contribution in [2.45, 2.75) is 13.8 Å². The Labute approximate surface area is 112 Å². The molecule has 0 heterocycles. The van der Waals surface area contributed by atoms with E-state index in [-0.39, 0.29) is 11.8 Å². The Kier molecular flexibility index (Phi) is 4.99. The lowest BCUT2D eigenvalue weighted by Crippen LogP contribution is -2.25. The highest BCUT2D eigenvalue weighted by molar-refractivity contribution is 6.33. The van der Waals surface area contributed by atoms with Gasteiger partial charge in [-0.25, -0.2) is 0 Å². The van der Waals surface area contributed by atoms with Crippen LogP contribution >= 0.6 is 11.6 Å². The topological polar surface area (TPSA) is 62.1 Å². The molecule has 0 saturated carbocycles. The third-order valence-corrected chi connectivity index (χ3v) is 2.84. The van der Waals surface area contributed by atoms with Gasteiger partial charge >= 0.3 is 0 Å². The number of nitrogens with zero attached hydrogens (tertiary/aromatic N) is 1. The standard InChI is InChI=1S/C13H15ClN2O2/c1-8(2)10(7-15)13(17)16-12-5-4-9(18-3)6-11(12)14/h4-6,8,10H,1-3H3,(H,16,17). The summed E-state index contributed by atoms with van der Waals surface area (Å²) in [4.78, 5) is 11.9. The molecular formula is C13H15ClN2O2. The number of ether oxygens (including phenoxy) is 1. The van der Waals surface area contributed by atoms with Gasteiger partial charge in [-0.2, -0.15) is 5.26 Å².